The molecule has 1 fully saturated rings. The van der Waals surface area contributed by atoms with Gasteiger partial charge >= 0.3 is 6.03 Å². The van der Waals surface area contributed by atoms with Crippen molar-refractivity contribution < 1.29 is 9.59 Å². The highest BCUT2D eigenvalue weighted by atomic mass is 35.5. The molecule has 1 aliphatic heterocycles. The first-order valence-corrected chi connectivity index (χ1v) is 13.6. The predicted octanol–water partition coefficient (Wildman–Crippen LogP) is 5.50. The van der Waals surface area contributed by atoms with Gasteiger partial charge in [0, 0.05) is 42.5 Å². The molecule has 2 aromatic carbocycles. The minimum atomic E-state index is -0.179. The first-order valence-electron chi connectivity index (χ1n) is 11.9. The van der Waals surface area contributed by atoms with E-state index in [9.17, 15) is 9.59 Å². The summed E-state index contributed by atoms with van der Waals surface area (Å²) in [6, 6.07) is 18.2. The minimum absolute atomic E-state index is 0.0666. The fraction of sp³-hybridized carbons (Fsp3) is 0.308. The molecule has 8 nitrogen and oxygen atoms in total. The van der Waals surface area contributed by atoms with Crippen LogP contribution in [0.25, 0.3) is 0 Å². The van der Waals surface area contributed by atoms with Crippen LogP contribution in [-0.2, 0) is 4.79 Å². The van der Waals surface area contributed by atoms with Gasteiger partial charge in [0.15, 0.2) is 5.16 Å². The summed E-state index contributed by atoms with van der Waals surface area (Å²) in [6.07, 6.45) is 0. The Hall–Kier alpha value is -3.01. The molecule has 4 rings (SSSR count). The number of thioether (sulfide) groups is 1. The van der Waals surface area contributed by atoms with Crippen LogP contribution in [0.3, 0.4) is 0 Å². The Morgan fingerprint density at radius 3 is 2.59 bits per heavy atom. The summed E-state index contributed by atoms with van der Waals surface area (Å²) in [7, 11) is 0. The number of hydrogen-bond acceptors (Lipinski definition) is 6. The zero-order valence-corrected chi connectivity index (χ0v) is 22.9. The zero-order valence-electron chi connectivity index (χ0n) is 20.5. The maximum Gasteiger partial charge on any atom is 0.322 e. The highest BCUT2D eigenvalue weighted by Crippen LogP contribution is 2.25. The van der Waals surface area contributed by atoms with Crippen LogP contribution < -0.4 is 15.5 Å². The monoisotopic (exact) mass is 558 g/mol. The molecule has 0 saturated carbocycles. The predicted molar refractivity (Wildman–Crippen MR) is 150 cm³/mol. The normalized spacial score (nSPS) is 16.3. The number of nitrogens with zero attached hydrogens (tertiary/aromatic N) is 4. The molecule has 0 radical (unpaired) electrons. The van der Waals surface area contributed by atoms with Crippen molar-refractivity contribution in [1.82, 2.24) is 20.2 Å². The number of carbonyl (C=O) groups excluding carboxylic acids is 2. The SMILES string of the molecule is C[C@H](NC(=O)CSc1nc(Cl)cc(N2CCN(C(=O)Nc3cccc(Cl)c3)[C@H](C)C2)n1)c1ccccc1. The largest absolute Gasteiger partial charge is 0.353 e. The first kappa shape index (κ1) is 27.0. The molecule has 1 aromatic heterocycles. The lowest BCUT2D eigenvalue weighted by atomic mass is 10.1. The van der Waals surface area contributed by atoms with Gasteiger partial charge in [-0.2, -0.15) is 0 Å². The van der Waals surface area contributed by atoms with Crippen LogP contribution in [0.15, 0.2) is 65.8 Å². The van der Waals surface area contributed by atoms with Gasteiger partial charge in [0.05, 0.1) is 11.8 Å². The van der Waals surface area contributed by atoms with Crippen molar-refractivity contribution in [2.45, 2.75) is 31.1 Å². The van der Waals surface area contributed by atoms with Gasteiger partial charge in [-0.3, -0.25) is 4.79 Å². The summed E-state index contributed by atoms with van der Waals surface area (Å²) in [5.74, 6) is 0.729. The number of amides is 3. The van der Waals surface area contributed by atoms with Crippen LogP contribution in [0, 0.1) is 0 Å². The van der Waals surface area contributed by atoms with Crippen molar-refractivity contribution in [1.29, 1.82) is 0 Å². The summed E-state index contributed by atoms with van der Waals surface area (Å²) >= 11 is 13.6. The van der Waals surface area contributed by atoms with Crippen molar-refractivity contribution in [3.8, 4) is 0 Å². The number of rotatable bonds is 7. The second kappa shape index (κ2) is 12.5. The summed E-state index contributed by atoms with van der Waals surface area (Å²) in [6.45, 7) is 5.61. The Labute approximate surface area is 230 Å². The second-order valence-corrected chi connectivity index (χ2v) is 10.5. The lowest BCUT2D eigenvalue weighted by Crippen LogP contribution is -2.55. The van der Waals surface area contributed by atoms with Gasteiger partial charge in [-0.05, 0) is 37.6 Å². The van der Waals surface area contributed by atoms with E-state index in [1.54, 1.807) is 35.2 Å². The number of halogens is 2. The Morgan fingerprint density at radius 2 is 1.86 bits per heavy atom. The molecule has 2 N–H and O–H groups in total. The molecule has 2 atom stereocenters. The van der Waals surface area contributed by atoms with E-state index in [1.165, 1.54) is 11.8 Å². The van der Waals surface area contributed by atoms with E-state index >= 15 is 0 Å². The third kappa shape index (κ3) is 7.50. The van der Waals surface area contributed by atoms with E-state index in [0.717, 1.165) is 5.56 Å². The molecule has 11 heteroatoms. The Bertz CT molecular complexity index is 1250. The number of nitrogens with one attached hydrogen (secondary N) is 2. The van der Waals surface area contributed by atoms with Gasteiger partial charge in [-0.1, -0.05) is 71.4 Å². The molecular weight excluding hydrogens is 531 g/mol. The Balaban J connectivity index is 1.33. The van der Waals surface area contributed by atoms with E-state index < -0.39 is 0 Å². The van der Waals surface area contributed by atoms with Crippen molar-refractivity contribution in [3.05, 3.63) is 76.4 Å². The summed E-state index contributed by atoms with van der Waals surface area (Å²) in [5.41, 5.74) is 1.69. The number of urea groups is 1. The highest BCUT2D eigenvalue weighted by Gasteiger charge is 2.28. The van der Waals surface area contributed by atoms with E-state index in [0.29, 0.717) is 46.5 Å². The standard InChI is InChI=1S/C26H28Cl2N6O2S/c1-17-15-33(11-12-34(17)26(36)30-21-10-6-9-20(27)13-21)23-14-22(28)31-25(32-23)37-16-24(35)29-18(2)19-7-4-3-5-8-19/h3-10,13-14,17-18H,11-12,15-16H2,1-2H3,(H,29,35)(H,30,36)/t17-,18+/m1/s1. The zero-order chi connectivity index (χ0) is 26.4. The third-order valence-electron chi connectivity index (χ3n) is 5.96. The summed E-state index contributed by atoms with van der Waals surface area (Å²) < 4.78 is 0. The fourth-order valence-corrected chi connectivity index (χ4v) is 5.16. The van der Waals surface area contributed by atoms with Gasteiger partial charge in [-0.15, -0.1) is 0 Å². The Morgan fingerprint density at radius 1 is 1.08 bits per heavy atom. The summed E-state index contributed by atoms with van der Waals surface area (Å²) in [4.78, 5) is 38.1. The van der Waals surface area contributed by atoms with Crippen molar-refractivity contribution in [2.75, 3.05) is 35.6 Å². The minimum Gasteiger partial charge on any atom is -0.353 e. The fourth-order valence-electron chi connectivity index (χ4n) is 4.08. The molecule has 194 valence electrons. The van der Waals surface area contributed by atoms with Crippen molar-refractivity contribution in [3.63, 3.8) is 0 Å². The van der Waals surface area contributed by atoms with Gasteiger partial charge in [-0.25, -0.2) is 14.8 Å². The van der Waals surface area contributed by atoms with Gasteiger partial charge in [0.1, 0.15) is 11.0 Å². The van der Waals surface area contributed by atoms with E-state index in [2.05, 4.69) is 25.5 Å². The van der Waals surface area contributed by atoms with Crippen LogP contribution in [0.4, 0.5) is 16.3 Å². The number of carbonyl (C=O) groups is 2. The van der Waals surface area contributed by atoms with Gasteiger partial charge < -0.3 is 20.4 Å². The van der Waals surface area contributed by atoms with Crippen molar-refractivity contribution >= 4 is 58.4 Å². The first-order chi connectivity index (χ1) is 17.8. The maximum atomic E-state index is 12.8. The molecule has 0 aliphatic carbocycles. The number of piperazine rings is 1. The lowest BCUT2D eigenvalue weighted by Gasteiger charge is -2.40. The van der Waals surface area contributed by atoms with Crippen molar-refractivity contribution in [2.24, 2.45) is 0 Å². The number of benzene rings is 2. The molecule has 3 aromatic rings. The maximum absolute atomic E-state index is 12.8. The molecule has 0 unspecified atom stereocenters. The molecule has 1 saturated heterocycles. The molecular formula is C26H28Cl2N6O2S. The molecule has 3 amide bonds. The molecule has 0 spiro atoms. The second-order valence-electron chi connectivity index (χ2n) is 8.75. The topological polar surface area (TPSA) is 90.5 Å². The quantitative estimate of drug-likeness (QED) is 0.226. The van der Waals surface area contributed by atoms with Crippen LogP contribution in [-0.4, -0.2) is 58.2 Å². The average Bonchev–Trinajstić information content (AvgIpc) is 2.87. The molecule has 0 bridgehead atoms. The van der Waals surface area contributed by atoms with Crippen LogP contribution >= 0.6 is 35.0 Å². The highest BCUT2D eigenvalue weighted by molar-refractivity contribution is 7.99. The van der Waals surface area contributed by atoms with Crippen LogP contribution in [0.1, 0.15) is 25.5 Å². The van der Waals surface area contributed by atoms with E-state index in [-0.39, 0.29) is 29.8 Å². The molecule has 2 heterocycles. The Kier molecular flexibility index (Phi) is 9.13. The van der Waals surface area contributed by atoms with Gasteiger partial charge in [0.25, 0.3) is 0 Å². The van der Waals surface area contributed by atoms with Crippen LogP contribution in [0.2, 0.25) is 10.2 Å². The number of hydrogen-bond donors (Lipinski definition) is 2. The average molecular weight is 560 g/mol. The van der Waals surface area contributed by atoms with E-state index in [1.807, 2.05) is 44.2 Å². The molecule has 37 heavy (non-hydrogen) atoms. The molecule has 1 aliphatic rings. The third-order valence-corrected chi connectivity index (χ3v) is 7.23. The lowest BCUT2D eigenvalue weighted by molar-refractivity contribution is -0.119. The van der Waals surface area contributed by atoms with E-state index in [4.69, 9.17) is 23.2 Å². The smallest absolute Gasteiger partial charge is 0.322 e. The number of anilines is 2. The summed E-state index contributed by atoms with van der Waals surface area (Å²) in [5, 5.41) is 7.19. The van der Waals surface area contributed by atoms with Gasteiger partial charge in [0.2, 0.25) is 5.91 Å². The van der Waals surface area contributed by atoms with Crippen LogP contribution in [0.5, 0.6) is 0 Å². The number of aromatic nitrogens is 2.